The summed E-state index contributed by atoms with van der Waals surface area (Å²) in [4.78, 5) is 0. The SMILES string of the molecule is Cc1cc(C(C)(C)C)cc(C)c1OP(=O)(Cl)Cl. The summed E-state index contributed by atoms with van der Waals surface area (Å²) in [6.45, 7) is 10.2. The lowest BCUT2D eigenvalue weighted by Gasteiger charge is -2.22. The molecule has 0 saturated carbocycles. The topological polar surface area (TPSA) is 26.3 Å². The molecular formula is C12H17Cl2O2P. The maximum atomic E-state index is 11.3. The summed E-state index contributed by atoms with van der Waals surface area (Å²) in [7, 11) is 0. The fraction of sp³-hybridized carbons (Fsp3) is 0.500. The molecule has 0 N–H and O–H groups in total. The van der Waals surface area contributed by atoms with Gasteiger partial charge in [-0.25, -0.2) is 4.57 Å². The highest BCUT2D eigenvalue weighted by Gasteiger charge is 2.21. The van der Waals surface area contributed by atoms with Gasteiger partial charge in [0.25, 0.3) is 0 Å². The van der Waals surface area contributed by atoms with E-state index in [1.54, 1.807) is 0 Å². The molecule has 0 atom stereocenters. The molecule has 17 heavy (non-hydrogen) atoms. The molecule has 5 heteroatoms. The average molecular weight is 295 g/mol. The van der Waals surface area contributed by atoms with Crippen molar-refractivity contribution in [1.29, 1.82) is 0 Å². The molecule has 0 aliphatic carbocycles. The van der Waals surface area contributed by atoms with Crippen molar-refractivity contribution in [2.45, 2.75) is 40.0 Å². The number of rotatable bonds is 2. The first-order chi connectivity index (χ1) is 7.50. The van der Waals surface area contributed by atoms with Gasteiger partial charge in [0.1, 0.15) is 5.75 Å². The molecular weight excluding hydrogens is 278 g/mol. The molecule has 0 fully saturated rings. The molecule has 0 unspecified atom stereocenters. The predicted molar refractivity (Wildman–Crippen MR) is 74.6 cm³/mol. The Morgan fingerprint density at radius 2 is 1.53 bits per heavy atom. The van der Waals surface area contributed by atoms with Crippen LogP contribution in [0.25, 0.3) is 0 Å². The Labute approximate surface area is 112 Å². The van der Waals surface area contributed by atoms with Gasteiger partial charge in [0.15, 0.2) is 0 Å². The Morgan fingerprint density at radius 1 is 1.12 bits per heavy atom. The summed E-state index contributed by atoms with van der Waals surface area (Å²) in [5.41, 5.74) is 3.02. The van der Waals surface area contributed by atoms with Gasteiger partial charge in [-0.15, -0.1) is 0 Å². The molecule has 0 spiro atoms. The number of hydrogen-bond donors (Lipinski definition) is 0. The zero-order valence-electron chi connectivity index (χ0n) is 10.7. The number of hydrogen-bond acceptors (Lipinski definition) is 2. The van der Waals surface area contributed by atoms with Gasteiger partial charge < -0.3 is 4.52 Å². The van der Waals surface area contributed by atoms with Crippen molar-refractivity contribution < 1.29 is 9.09 Å². The lowest BCUT2D eigenvalue weighted by Crippen LogP contribution is -2.11. The maximum absolute atomic E-state index is 11.3. The van der Waals surface area contributed by atoms with Crippen LogP contribution in [0.2, 0.25) is 0 Å². The zero-order chi connectivity index (χ0) is 13.4. The first-order valence-electron chi connectivity index (χ1n) is 5.31. The van der Waals surface area contributed by atoms with Crippen molar-refractivity contribution >= 4 is 28.6 Å². The first-order valence-corrected chi connectivity index (χ1v) is 8.75. The number of aryl methyl sites for hydroxylation is 2. The van der Waals surface area contributed by atoms with E-state index in [1.165, 1.54) is 5.56 Å². The molecule has 0 heterocycles. The third-order valence-electron chi connectivity index (χ3n) is 2.52. The molecule has 0 radical (unpaired) electrons. The van der Waals surface area contributed by atoms with Crippen molar-refractivity contribution in [3.63, 3.8) is 0 Å². The molecule has 0 aliphatic heterocycles. The van der Waals surface area contributed by atoms with Crippen LogP contribution in [0.3, 0.4) is 0 Å². The fourth-order valence-corrected chi connectivity index (χ4v) is 2.55. The van der Waals surface area contributed by atoms with Gasteiger partial charge in [0.05, 0.1) is 0 Å². The van der Waals surface area contributed by atoms with E-state index in [1.807, 2.05) is 26.0 Å². The van der Waals surface area contributed by atoms with Crippen molar-refractivity contribution in [3.05, 3.63) is 28.8 Å². The minimum atomic E-state index is -3.55. The standard InChI is InChI=1S/C12H17Cl2O2P/c1-8-6-10(12(3,4)5)7-9(2)11(8)16-17(13,14)15/h6-7H,1-5H3. The number of halogens is 2. The van der Waals surface area contributed by atoms with Crippen LogP contribution in [0.15, 0.2) is 12.1 Å². The van der Waals surface area contributed by atoms with Crippen LogP contribution in [-0.4, -0.2) is 0 Å². The Morgan fingerprint density at radius 3 is 1.82 bits per heavy atom. The van der Waals surface area contributed by atoms with Crippen LogP contribution in [0.5, 0.6) is 5.75 Å². The molecule has 0 bridgehead atoms. The summed E-state index contributed by atoms with van der Waals surface area (Å²) >= 11 is 10.9. The van der Waals surface area contributed by atoms with Crippen molar-refractivity contribution in [1.82, 2.24) is 0 Å². The Balaban J connectivity index is 3.25. The quantitative estimate of drug-likeness (QED) is 0.667. The normalized spacial score (nSPS) is 12.6. The molecule has 0 amide bonds. The smallest absolute Gasteiger partial charge is 0.422 e. The van der Waals surface area contributed by atoms with Gasteiger partial charge in [0.2, 0.25) is 0 Å². The zero-order valence-corrected chi connectivity index (χ0v) is 13.1. The minimum absolute atomic E-state index is 0.0552. The third kappa shape index (κ3) is 4.21. The fourth-order valence-electron chi connectivity index (χ4n) is 1.63. The van der Waals surface area contributed by atoms with Crippen LogP contribution >= 0.6 is 28.6 Å². The summed E-state index contributed by atoms with van der Waals surface area (Å²) in [5, 5.41) is 0. The second-order valence-corrected chi connectivity index (χ2v) is 9.40. The van der Waals surface area contributed by atoms with Crippen molar-refractivity contribution in [3.8, 4) is 5.75 Å². The van der Waals surface area contributed by atoms with Crippen LogP contribution in [-0.2, 0) is 9.98 Å². The Bertz CT molecular complexity index is 449. The molecule has 1 aromatic carbocycles. The summed E-state index contributed by atoms with van der Waals surface area (Å²) in [6.07, 6.45) is -3.55. The largest absolute Gasteiger partial charge is 0.428 e. The van der Waals surface area contributed by atoms with E-state index in [0.29, 0.717) is 5.75 Å². The Kier molecular flexibility index (Phi) is 4.24. The highest BCUT2D eigenvalue weighted by atomic mass is 35.9. The average Bonchev–Trinajstić information content (AvgIpc) is 2.07. The molecule has 1 aromatic rings. The lowest BCUT2D eigenvalue weighted by atomic mass is 9.85. The first kappa shape index (κ1) is 14.9. The maximum Gasteiger partial charge on any atom is 0.428 e. The highest BCUT2D eigenvalue weighted by Crippen LogP contribution is 2.58. The lowest BCUT2D eigenvalue weighted by molar-refractivity contribution is 0.508. The Hall–Kier alpha value is -0.170. The summed E-state index contributed by atoms with van der Waals surface area (Å²) in [6, 6.07) is 4.01. The molecule has 96 valence electrons. The van der Waals surface area contributed by atoms with E-state index in [-0.39, 0.29) is 5.41 Å². The van der Waals surface area contributed by atoms with Gasteiger partial charge in [-0.05, 0) is 36.0 Å². The summed E-state index contributed by atoms with van der Waals surface area (Å²) < 4.78 is 16.4. The van der Waals surface area contributed by atoms with Crippen LogP contribution in [0, 0.1) is 13.8 Å². The van der Waals surface area contributed by atoms with Gasteiger partial charge >= 0.3 is 6.07 Å². The van der Waals surface area contributed by atoms with Gasteiger partial charge in [-0.2, -0.15) is 0 Å². The van der Waals surface area contributed by atoms with E-state index >= 15 is 0 Å². The molecule has 0 aromatic heterocycles. The molecule has 0 aliphatic rings. The molecule has 0 saturated heterocycles. The van der Waals surface area contributed by atoms with Crippen LogP contribution in [0.4, 0.5) is 0 Å². The second kappa shape index (κ2) is 4.84. The van der Waals surface area contributed by atoms with Gasteiger partial charge in [-0.3, -0.25) is 0 Å². The van der Waals surface area contributed by atoms with Gasteiger partial charge in [0, 0.05) is 22.5 Å². The van der Waals surface area contributed by atoms with E-state index in [9.17, 15) is 4.57 Å². The molecule has 1 rings (SSSR count). The van der Waals surface area contributed by atoms with E-state index in [4.69, 9.17) is 27.0 Å². The predicted octanol–water partition coefficient (Wildman–Crippen LogP) is 5.57. The van der Waals surface area contributed by atoms with Crippen molar-refractivity contribution in [2.24, 2.45) is 0 Å². The molecule has 2 nitrogen and oxygen atoms in total. The third-order valence-corrected chi connectivity index (χ3v) is 3.33. The van der Waals surface area contributed by atoms with E-state index < -0.39 is 6.07 Å². The number of benzene rings is 1. The highest BCUT2D eigenvalue weighted by molar-refractivity contribution is 8.05. The second-order valence-electron chi connectivity index (χ2n) is 5.19. The monoisotopic (exact) mass is 294 g/mol. The van der Waals surface area contributed by atoms with Gasteiger partial charge in [-0.1, -0.05) is 32.9 Å². The summed E-state index contributed by atoms with van der Waals surface area (Å²) in [5.74, 6) is 0.506. The van der Waals surface area contributed by atoms with E-state index in [2.05, 4.69) is 20.8 Å². The van der Waals surface area contributed by atoms with Crippen LogP contribution < -0.4 is 4.52 Å². The van der Waals surface area contributed by atoms with E-state index in [0.717, 1.165) is 11.1 Å². The minimum Gasteiger partial charge on any atom is -0.422 e. The van der Waals surface area contributed by atoms with Crippen molar-refractivity contribution in [2.75, 3.05) is 0 Å². The van der Waals surface area contributed by atoms with Crippen LogP contribution in [0.1, 0.15) is 37.5 Å².